The predicted molar refractivity (Wildman–Crippen MR) is 70.8 cm³/mol. The van der Waals surface area contributed by atoms with E-state index < -0.39 is 0 Å². The maximum absolute atomic E-state index is 11.4. The van der Waals surface area contributed by atoms with Gasteiger partial charge in [0.1, 0.15) is 0 Å². The Morgan fingerprint density at radius 3 is 1.70 bits per heavy atom. The van der Waals surface area contributed by atoms with Gasteiger partial charge >= 0.3 is 11.9 Å². The fraction of sp³-hybridized carbons (Fsp3) is 0.429. The van der Waals surface area contributed by atoms with E-state index >= 15 is 0 Å². The Kier molecular flexibility index (Phi) is 5.52. The Bertz CT molecular complexity index is 433. The first kappa shape index (κ1) is 14.5. The van der Waals surface area contributed by atoms with Crippen LogP contribution in [0.25, 0.3) is 0 Å². The largest absolute Gasteiger partial charge is 0.370 e. The second-order valence-electron chi connectivity index (χ2n) is 4.57. The van der Waals surface area contributed by atoms with E-state index in [4.69, 9.17) is 9.68 Å². The maximum atomic E-state index is 11.4. The first-order valence-electron chi connectivity index (χ1n) is 6.67. The molecule has 1 heterocycles. The highest BCUT2D eigenvalue weighted by molar-refractivity contribution is 5.70. The van der Waals surface area contributed by atoms with E-state index in [0.717, 1.165) is 11.1 Å². The van der Waals surface area contributed by atoms with Crippen molar-refractivity contribution >= 4 is 11.9 Å². The summed E-state index contributed by atoms with van der Waals surface area (Å²) in [6.07, 6.45) is 1.78. The quantitative estimate of drug-likeness (QED) is 0.746. The summed E-state index contributed by atoms with van der Waals surface area (Å²) in [5.74, 6) is -0.628. The minimum Gasteiger partial charge on any atom is -0.370 e. The normalized spacial score (nSPS) is 18.4. The summed E-state index contributed by atoms with van der Waals surface area (Å²) in [5, 5.41) is 0. The van der Waals surface area contributed by atoms with E-state index in [9.17, 15) is 9.59 Å². The van der Waals surface area contributed by atoms with Gasteiger partial charge in [-0.05, 0) is 24.0 Å². The third-order valence-corrected chi connectivity index (χ3v) is 3.03. The van der Waals surface area contributed by atoms with Crippen molar-refractivity contribution in [2.45, 2.75) is 38.8 Å². The van der Waals surface area contributed by atoms with Crippen molar-refractivity contribution < 1.29 is 19.3 Å². The molecule has 6 heteroatoms. The summed E-state index contributed by atoms with van der Waals surface area (Å²) in [6.45, 7) is 0.828. The fourth-order valence-electron chi connectivity index (χ4n) is 1.93. The predicted octanol–water partition coefficient (Wildman–Crippen LogP) is 1.36. The summed E-state index contributed by atoms with van der Waals surface area (Å²) in [4.78, 5) is 32.8. The van der Waals surface area contributed by atoms with Gasteiger partial charge in [-0.2, -0.15) is 0 Å². The molecule has 1 aromatic rings. The van der Waals surface area contributed by atoms with Crippen LogP contribution >= 0.6 is 0 Å². The molecule has 1 aliphatic heterocycles. The van der Waals surface area contributed by atoms with E-state index in [1.165, 1.54) is 0 Å². The van der Waals surface area contributed by atoms with Crippen LogP contribution in [-0.2, 0) is 32.4 Å². The summed E-state index contributed by atoms with van der Waals surface area (Å²) in [7, 11) is 0. The Labute approximate surface area is 117 Å². The van der Waals surface area contributed by atoms with Crippen LogP contribution in [0.2, 0.25) is 0 Å². The third-order valence-electron chi connectivity index (χ3n) is 3.03. The van der Waals surface area contributed by atoms with Crippen LogP contribution in [0.15, 0.2) is 24.3 Å². The van der Waals surface area contributed by atoms with Crippen LogP contribution in [0.4, 0.5) is 0 Å². The van der Waals surface area contributed by atoms with Gasteiger partial charge in [0, 0.05) is 12.8 Å². The van der Waals surface area contributed by atoms with Gasteiger partial charge in [0.25, 0.3) is 0 Å². The number of fused-ring (bicyclic) bond motifs is 1. The van der Waals surface area contributed by atoms with Crippen LogP contribution in [0, 0.1) is 0 Å². The topological polar surface area (TPSA) is 76.7 Å². The lowest BCUT2D eigenvalue weighted by molar-refractivity contribution is -0.154. The molecular formula is C14H18N2O4. The monoisotopic (exact) mass is 278 g/mol. The highest BCUT2D eigenvalue weighted by Crippen LogP contribution is 2.09. The van der Waals surface area contributed by atoms with Gasteiger partial charge in [-0.3, -0.25) is 9.59 Å². The number of nitrogens with one attached hydrogen (secondary N) is 2. The minimum atomic E-state index is -0.314. The molecule has 0 bridgehead atoms. The fourth-order valence-corrected chi connectivity index (χ4v) is 1.93. The van der Waals surface area contributed by atoms with Crippen molar-refractivity contribution in [2.24, 2.45) is 0 Å². The minimum absolute atomic E-state index is 0.287. The molecule has 0 unspecified atom stereocenters. The number of carbonyl (C=O) groups excluding carboxylic acids is 2. The van der Waals surface area contributed by atoms with Gasteiger partial charge in [-0.25, -0.2) is 0 Å². The number of hydrogen-bond donors (Lipinski definition) is 2. The average Bonchev–Trinajstić information content (AvgIpc) is 2.44. The highest BCUT2D eigenvalue weighted by atomic mass is 16.7. The number of carbonyl (C=O) groups is 2. The van der Waals surface area contributed by atoms with Crippen molar-refractivity contribution in [1.82, 2.24) is 11.0 Å². The van der Waals surface area contributed by atoms with Gasteiger partial charge in [-0.15, -0.1) is 11.0 Å². The molecular weight excluding hydrogens is 260 g/mol. The Morgan fingerprint density at radius 1 is 0.800 bits per heavy atom. The second kappa shape index (κ2) is 7.62. The van der Waals surface area contributed by atoms with Gasteiger partial charge in [-0.1, -0.05) is 24.3 Å². The number of rotatable bonds is 0. The van der Waals surface area contributed by atoms with Crippen LogP contribution in [0.1, 0.15) is 36.8 Å². The first-order chi connectivity index (χ1) is 9.75. The Balaban J connectivity index is 2.02. The lowest BCUT2D eigenvalue weighted by Crippen LogP contribution is -2.23. The summed E-state index contributed by atoms with van der Waals surface area (Å²) in [5.41, 5.74) is 7.28. The second-order valence-corrected chi connectivity index (χ2v) is 4.57. The number of hydrogen-bond acceptors (Lipinski definition) is 6. The maximum Gasteiger partial charge on any atom is 0.324 e. The van der Waals surface area contributed by atoms with Gasteiger partial charge in [0.15, 0.2) is 0 Å². The summed E-state index contributed by atoms with van der Waals surface area (Å²) < 4.78 is 0. The number of benzene rings is 1. The van der Waals surface area contributed by atoms with Gasteiger partial charge in [0.05, 0.1) is 13.1 Å². The van der Waals surface area contributed by atoms with Gasteiger partial charge < -0.3 is 9.68 Å². The van der Waals surface area contributed by atoms with E-state index in [1.54, 1.807) is 0 Å². The zero-order valence-electron chi connectivity index (χ0n) is 11.2. The lowest BCUT2D eigenvalue weighted by atomic mass is 10.1. The third kappa shape index (κ3) is 4.64. The molecule has 6 nitrogen and oxygen atoms in total. The standard InChI is InChI=1S/C14H18N2O4/c17-13-7-3-4-8-14(18)20-16-10-12-6-2-1-5-11(12)9-15-19-13/h1-2,5-6,15-16H,3-4,7-10H2. The molecule has 1 aliphatic rings. The van der Waals surface area contributed by atoms with Crippen molar-refractivity contribution in [3.05, 3.63) is 35.4 Å². The molecule has 0 amide bonds. The SMILES string of the molecule is O=C1CCCCC(=O)ONCc2ccccc2CNO1. The molecule has 2 rings (SSSR count). The summed E-state index contributed by atoms with van der Waals surface area (Å²) in [6, 6.07) is 7.64. The molecule has 20 heavy (non-hydrogen) atoms. The molecule has 0 fully saturated rings. The first-order valence-corrected chi connectivity index (χ1v) is 6.67. The van der Waals surface area contributed by atoms with Crippen molar-refractivity contribution in [1.29, 1.82) is 0 Å². The molecule has 0 spiro atoms. The van der Waals surface area contributed by atoms with Crippen LogP contribution in [0.5, 0.6) is 0 Å². The average molecular weight is 278 g/mol. The van der Waals surface area contributed by atoms with Crippen LogP contribution < -0.4 is 11.0 Å². The van der Waals surface area contributed by atoms with Crippen LogP contribution in [0.3, 0.4) is 0 Å². The molecule has 0 atom stereocenters. The zero-order chi connectivity index (χ0) is 14.2. The number of hydroxylamine groups is 2. The molecule has 1 aromatic carbocycles. The molecule has 108 valence electrons. The molecule has 0 saturated carbocycles. The van der Waals surface area contributed by atoms with Crippen molar-refractivity contribution in [2.75, 3.05) is 0 Å². The molecule has 0 radical (unpaired) electrons. The van der Waals surface area contributed by atoms with Crippen molar-refractivity contribution in [3.8, 4) is 0 Å². The smallest absolute Gasteiger partial charge is 0.324 e. The lowest BCUT2D eigenvalue weighted by Gasteiger charge is -2.12. The molecule has 0 aliphatic carbocycles. The van der Waals surface area contributed by atoms with E-state index in [2.05, 4.69) is 11.0 Å². The van der Waals surface area contributed by atoms with E-state index in [0.29, 0.717) is 25.9 Å². The zero-order valence-corrected chi connectivity index (χ0v) is 11.2. The Hall–Kier alpha value is -1.92. The molecule has 0 saturated heterocycles. The van der Waals surface area contributed by atoms with Crippen LogP contribution in [-0.4, -0.2) is 11.9 Å². The van der Waals surface area contributed by atoms with E-state index in [-0.39, 0.29) is 24.8 Å². The van der Waals surface area contributed by atoms with Gasteiger partial charge in [0.2, 0.25) is 0 Å². The molecule has 2 N–H and O–H groups in total. The van der Waals surface area contributed by atoms with E-state index in [1.807, 2.05) is 24.3 Å². The van der Waals surface area contributed by atoms with Crippen molar-refractivity contribution in [3.63, 3.8) is 0 Å². The Morgan fingerprint density at radius 2 is 1.25 bits per heavy atom. The highest BCUT2D eigenvalue weighted by Gasteiger charge is 2.09. The molecule has 0 aromatic heterocycles. The summed E-state index contributed by atoms with van der Waals surface area (Å²) >= 11 is 0.